The van der Waals surface area contributed by atoms with Crippen LogP contribution in [0.2, 0.25) is 0 Å². The van der Waals surface area contributed by atoms with E-state index in [0.29, 0.717) is 23.7 Å². The van der Waals surface area contributed by atoms with Gasteiger partial charge in [0.25, 0.3) is 0 Å². The van der Waals surface area contributed by atoms with E-state index in [9.17, 15) is 14.3 Å². The number of H-pyrrole nitrogens is 1. The zero-order chi connectivity index (χ0) is 24.3. The van der Waals surface area contributed by atoms with Gasteiger partial charge in [0.05, 0.1) is 11.8 Å². The summed E-state index contributed by atoms with van der Waals surface area (Å²) >= 11 is 0. The second-order valence-electron chi connectivity index (χ2n) is 10.7. The third-order valence-corrected chi connectivity index (χ3v) is 7.41. The van der Waals surface area contributed by atoms with Crippen molar-refractivity contribution in [3.8, 4) is 11.3 Å². The van der Waals surface area contributed by atoms with Crippen LogP contribution >= 0.6 is 0 Å². The number of β-amino-alcohol motifs (C(OH)–C–C–N with tert-alkyl or cyclic N) is 1. The number of rotatable bonds is 3. The smallest absolute Gasteiger partial charge is 0.225 e. The van der Waals surface area contributed by atoms with Crippen LogP contribution in [0.25, 0.3) is 11.3 Å². The van der Waals surface area contributed by atoms with Crippen molar-refractivity contribution >= 4 is 11.7 Å². The van der Waals surface area contributed by atoms with Crippen molar-refractivity contribution < 1.29 is 14.3 Å². The number of carbonyl (C=O) groups excluding carboxylic acids is 1. The fourth-order valence-corrected chi connectivity index (χ4v) is 5.40. The molecule has 2 aromatic heterocycles. The van der Waals surface area contributed by atoms with E-state index in [-0.39, 0.29) is 12.0 Å². The molecular formula is C26H38FN5O2. The van der Waals surface area contributed by atoms with Crippen molar-refractivity contribution in [1.29, 1.82) is 0 Å². The highest BCUT2D eigenvalue weighted by Crippen LogP contribution is 2.38. The van der Waals surface area contributed by atoms with Crippen molar-refractivity contribution in [2.24, 2.45) is 11.3 Å². The van der Waals surface area contributed by atoms with Gasteiger partial charge < -0.3 is 15.3 Å². The van der Waals surface area contributed by atoms with Crippen LogP contribution in [0, 0.1) is 17.3 Å². The van der Waals surface area contributed by atoms with Crippen LogP contribution in [-0.4, -0.2) is 57.3 Å². The number of aliphatic hydroxyl groups excluding tert-OH is 1. The number of hydrogen-bond donors (Lipinski definition) is 3. The molecule has 3 N–H and O–H groups in total. The minimum absolute atomic E-state index is 0.258. The molecule has 1 saturated carbocycles. The number of aliphatic hydroxyl groups is 1. The summed E-state index contributed by atoms with van der Waals surface area (Å²) in [5, 5.41) is 19.8. The lowest BCUT2D eigenvalue weighted by atomic mass is 9.76. The first-order valence-electron chi connectivity index (χ1n) is 12.6. The first-order chi connectivity index (χ1) is 16.3. The van der Waals surface area contributed by atoms with Crippen molar-refractivity contribution in [2.45, 2.75) is 77.7 Å². The summed E-state index contributed by atoms with van der Waals surface area (Å²) < 4.78 is 13.6. The molecular weight excluding hydrogens is 433 g/mol. The Morgan fingerprint density at radius 2 is 2.00 bits per heavy atom. The second kappa shape index (κ2) is 10.4. The van der Waals surface area contributed by atoms with Gasteiger partial charge in [0.1, 0.15) is 5.82 Å². The fraction of sp³-hybridized carbons (Fsp3) is 0.654. The zero-order valence-electron chi connectivity index (χ0n) is 20.7. The summed E-state index contributed by atoms with van der Waals surface area (Å²) in [6.07, 6.45) is 9.39. The van der Waals surface area contributed by atoms with Gasteiger partial charge in [0.2, 0.25) is 11.9 Å². The summed E-state index contributed by atoms with van der Waals surface area (Å²) in [5.74, 6) is 0.586. The van der Waals surface area contributed by atoms with Gasteiger partial charge in [-0.25, -0.2) is 4.98 Å². The van der Waals surface area contributed by atoms with Gasteiger partial charge >= 0.3 is 0 Å². The summed E-state index contributed by atoms with van der Waals surface area (Å²) in [4.78, 5) is 17.6. The number of nitrogens with zero attached hydrogens (tertiary/aromatic N) is 3. The molecule has 8 heteroatoms. The first-order valence-corrected chi connectivity index (χ1v) is 12.6. The van der Waals surface area contributed by atoms with Crippen molar-refractivity contribution in [1.82, 2.24) is 20.1 Å². The predicted octanol–water partition coefficient (Wildman–Crippen LogP) is 4.33. The molecule has 1 saturated heterocycles. The maximum absolute atomic E-state index is 13.6. The number of halogens is 1. The summed E-state index contributed by atoms with van der Waals surface area (Å²) in [5.41, 5.74) is 4.33. The Kier molecular flexibility index (Phi) is 7.55. The lowest BCUT2D eigenvalue weighted by Gasteiger charge is -2.29. The Hall–Kier alpha value is -2.48. The number of hydrogen-bond acceptors (Lipinski definition) is 5. The molecule has 2 fully saturated rings. The number of pyridine rings is 1. The second-order valence-corrected chi connectivity index (χ2v) is 10.7. The van der Waals surface area contributed by atoms with Crippen LogP contribution in [0.15, 0.2) is 12.1 Å². The van der Waals surface area contributed by atoms with Gasteiger partial charge in [-0.05, 0) is 50.0 Å². The average Bonchev–Trinajstić information content (AvgIpc) is 3.44. The van der Waals surface area contributed by atoms with Gasteiger partial charge in [0, 0.05) is 48.9 Å². The number of carbonyl (C=O) groups is 1. The van der Waals surface area contributed by atoms with Crippen LogP contribution in [-0.2, 0) is 17.6 Å². The Bertz CT molecular complexity index is 992. The van der Waals surface area contributed by atoms with Crippen LogP contribution in [0.3, 0.4) is 0 Å². The Morgan fingerprint density at radius 1 is 1.24 bits per heavy atom. The molecule has 0 radical (unpaired) electrons. The minimum atomic E-state index is -0.486. The van der Waals surface area contributed by atoms with Gasteiger partial charge in [-0.1, -0.05) is 33.1 Å². The number of aromatic amines is 1. The summed E-state index contributed by atoms with van der Waals surface area (Å²) in [6, 6.07) is 3.27. The molecule has 5 rings (SSSR count). The Balaban J connectivity index is 0.000000172. The highest BCUT2D eigenvalue weighted by Gasteiger charge is 2.31. The van der Waals surface area contributed by atoms with Gasteiger partial charge in [-0.15, -0.1) is 0 Å². The third-order valence-electron chi connectivity index (χ3n) is 7.41. The van der Waals surface area contributed by atoms with Crippen LogP contribution in [0.1, 0.15) is 70.1 Å². The first kappa shape index (κ1) is 24.6. The van der Waals surface area contributed by atoms with Crippen LogP contribution < -0.4 is 5.32 Å². The summed E-state index contributed by atoms with van der Waals surface area (Å²) in [6.45, 7) is 5.86. The minimum Gasteiger partial charge on any atom is -0.391 e. The molecule has 2 aliphatic carbocycles. The molecule has 1 amide bonds. The van der Waals surface area contributed by atoms with Crippen LogP contribution in [0.5, 0.6) is 0 Å². The molecule has 7 nitrogen and oxygen atoms in total. The summed E-state index contributed by atoms with van der Waals surface area (Å²) in [7, 11) is 1.73. The van der Waals surface area contributed by atoms with Gasteiger partial charge in [0.15, 0.2) is 0 Å². The van der Waals surface area contributed by atoms with E-state index in [0.717, 1.165) is 56.3 Å². The van der Waals surface area contributed by atoms with E-state index >= 15 is 0 Å². The van der Waals surface area contributed by atoms with Crippen molar-refractivity contribution in [3.63, 3.8) is 0 Å². The molecule has 34 heavy (non-hydrogen) atoms. The van der Waals surface area contributed by atoms with E-state index < -0.39 is 5.95 Å². The Labute approximate surface area is 201 Å². The molecule has 3 heterocycles. The van der Waals surface area contributed by atoms with Crippen molar-refractivity contribution in [3.05, 3.63) is 29.3 Å². The van der Waals surface area contributed by atoms with E-state index in [1.807, 2.05) is 11.0 Å². The predicted molar refractivity (Wildman–Crippen MR) is 131 cm³/mol. The third kappa shape index (κ3) is 5.77. The highest BCUT2D eigenvalue weighted by atomic mass is 19.1. The van der Waals surface area contributed by atoms with E-state index in [2.05, 4.69) is 34.3 Å². The van der Waals surface area contributed by atoms with E-state index in [1.165, 1.54) is 36.6 Å². The molecule has 0 aromatic carbocycles. The normalized spacial score (nSPS) is 22.0. The molecule has 0 bridgehead atoms. The van der Waals surface area contributed by atoms with E-state index in [1.54, 1.807) is 7.05 Å². The number of nitrogens with one attached hydrogen (secondary N) is 2. The molecule has 186 valence electrons. The molecule has 3 aliphatic rings. The molecule has 1 aliphatic heterocycles. The topological polar surface area (TPSA) is 94.1 Å². The fourth-order valence-electron chi connectivity index (χ4n) is 5.40. The maximum atomic E-state index is 13.6. The SMILES string of the molecule is CNc1cc(-c2n[nH]c3c2CCC(C)(C)C3)cc(F)n1.O=C(C1CCCCC1)N1CC[C@@H](O)C1. The number of amides is 1. The van der Waals surface area contributed by atoms with E-state index in [4.69, 9.17) is 0 Å². The highest BCUT2D eigenvalue weighted by molar-refractivity contribution is 5.79. The lowest BCUT2D eigenvalue weighted by molar-refractivity contribution is -0.135. The average molecular weight is 472 g/mol. The van der Waals surface area contributed by atoms with Gasteiger partial charge in [-0.2, -0.15) is 9.49 Å². The number of anilines is 1. The van der Waals surface area contributed by atoms with Gasteiger partial charge in [-0.3, -0.25) is 9.89 Å². The molecule has 2 aromatic rings. The standard InChI is InChI=1S/C15H19FN4.C11H19NO2/c1-15(2)5-4-10-11(8-15)19-20-14(10)9-6-12(16)18-13(7-9)17-3;13-10-6-7-12(8-10)11(14)9-4-2-1-3-5-9/h6-7H,4-5,8H2,1-3H3,(H,17,18)(H,19,20);9-10,13H,1-8H2/t;10-/m.1/s1. The number of aromatic nitrogens is 3. The maximum Gasteiger partial charge on any atom is 0.225 e. The monoisotopic (exact) mass is 471 g/mol. The lowest BCUT2D eigenvalue weighted by Crippen LogP contribution is -2.35. The molecule has 0 spiro atoms. The Morgan fingerprint density at radius 3 is 2.68 bits per heavy atom. The largest absolute Gasteiger partial charge is 0.391 e. The molecule has 1 atom stereocenters. The molecule has 0 unspecified atom stereocenters. The number of likely N-dealkylation sites (tertiary alicyclic amines) is 1. The number of fused-ring (bicyclic) bond motifs is 1. The quantitative estimate of drug-likeness (QED) is 0.580. The van der Waals surface area contributed by atoms with Crippen LogP contribution in [0.4, 0.5) is 10.2 Å². The van der Waals surface area contributed by atoms with Crippen molar-refractivity contribution in [2.75, 3.05) is 25.5 Å². The zero-order valence-corrected chi connectivity index (χ0v) is 20.7.